The molecule has 0 unspecified atom stereocenters. The van der Waals surface area contributed by atoms with Crippen molar-refractivity contribution >= 4 is 21.6 Å². The Morgan fingerprint density at radius 3 is 2.48 bits per heavy atom. The summed E-state index contributed by atoms with van der Waals surface area (Å²) in [5.74, 6) is -0.407. The Bertz CT molecular complexity index is 962. The van der Waals surface area contributed by atoms with Crippen molar-refractivity contribution in [3.8, 4) is 0 Å². The van der Waals surface area contributed by atoms with Gasteiger partial charge in [0.1, 0.15) is 6.54 Å². The Morgan fingerprint density at radius 2 is 1.84 bits per heavy atom. The first-order valence-corrected chi connectivity index (χ1v) is 9.06. The lowest BCUT2D eigenvalue weighted by molar-refractivity contribution is -0.116. The summed E-state index contributed by atoms with van der Waals surface area (Å²) < 4.78 is 26.5. The zero-order valence-corrected chi connectivity index (χ0v) is 15.4. The van der Waals surface area contributed by atoms with Gasteiger partial charge in [-0.25, -0.2) is 12.7 Å². The normalized spacial score (nSPS) is 11.6. The van der Waals surface area contributed by atoms with E-state index in [1.807, 2.05) is 26.0 Å². The van der Waals surface area contributed by atoms with Crippen LogP contribution in [-0.2, 0) is 21.4 Å². The Balaban J connectivity index is 2.27. The number of nitrogens with one attached hydrogen (secondary N) is 1. The van der Waals surface area contributed by atoms with Gasteiger partial charge in [0.25, 0.3) is 5.56 Å². The second-order valence-corrected chi connectivity index (χ2v) is 8.07. The van der Waals surface area contributed by atoms with Crippen molar-refractivity contribution in [3.63, 3.8) is 0 Å². The Kier molecular flexibility index (Phi) is 5.44. The van der Waals surface area contributed by atoms with Crippen LogP contribution in [0.2, 0.25) is 0 Å². The van der Waals surface area contributed by atoms with Crippen molar-refractivity contribution in [3.05, 3.63) is 58.0 Å². The molecular weight excluding hydrogens is 342 g/mol. The van der Waals surface area contributed by atoms with E-state index in [-0.39, 0.29) is 11.4 Å². The van der Waals surface area contributed by atoms with Crippen molar-refractivity contribution in [1.82, 2.24) is 8.87 Å². The number of carbonyl (C=O) groups is 1. The van der Waals surface area contributed by atoms with E-state index >= 15 is 0 Å². The highest BCUT2D eigenvalue weighted by Gasteiger charge is 2.18. The number of aryl methyl sites for hydroxylation is 1. The number of anilines is 1. The molecular formula is C17H21N3O4S. The third-order valence-corrected chi connectivity index (χ3v) is 5.73. The summed E-state index contributed by atoms with van der Waals surface area (Å²) in [5.41, 5.74) is 2.19. The first kappa shape index (κ1) is 18.9. The summed E-state index contributed by atoms with van der Waals surface area (Å²) in [6.45, 7) is 3.55. The van der Waals surface area contributed by atoms with Crippen molar-refractivity contribution in [1.29, 1.82) is 0 Å². The molecule has 0 bridgehead atoms. The van der Waals surface area contributed by atoms with E-state index in [0.29, 0.717) is 5.69 Å². The zero-order chi connectivity index (χ0) is 18.8. The van der Waals surface area contributed by atoms with Gasteiger partial charge in [-0.05, 0) is 37.1 Å². The van der Waals surface area contributed by atoms with Crippen LogP contribution in [0.25, 0.3) is 0 Å². The molecule has 25 heavy (non-hydrogen) atoms. The summed E-state index contributed by atoms with van der Waals surface area (Å²) >= 11 is 0. The molecule has 0 saturated carbocycles. The highest BCUT2D eigenvalue weighted by molar-refractivity contribution is 7.89. The lowest BCUT2D eigenvalue weighted by atomic mass is 10.1. The predicted molar refractivity (Wildman–Crippen MR) is 96.1 cm³/mol. The molecule has 1 aromatic carbocycles. The van der Waals surface area contributed by atoms with Gasteiger partial charge in [-0.1, -0.05) is 12.1 Å². The SMILES string of the molecule is Cc1cccc(NC(=O)Cn2cc(S(=O)(=O)N(C)C)ccc2=O)c1C. The van der Waals surface area contributed by atoms with Gasteiger partial charge >= 0.3 is 0 Å². The van der Waals surface area contributed by atoms with Gasteiger partial charge in [-0.2, -0.15) is 0 Å². The quantitative estimate of drug-likeness (QED) is 0.869. The molecule has 134 valence electrons. The third-order valence-electron chi connectivity index (χ3n) is 3.93. The number of rotatable bonds is 5. The molecule has 0 atom stereocenters. The van der Waals surface area contributed by atoms with Gasteiger partial charge < -0.3 is 9.88 Å². The van der Waals surface area contributed by atoms with Crippen LogP contribution in [0.3, 0.4) is 0 Å². The van der Waals surface area contributed by atoms with Gasteiger partial charge in [0.2, 0.25) is 15.9 Å². The molecule has 0 aliphatic rings. The summed E-state index contributed by atoms with van der Waals surface area (Å²) in [5, 5.41) is 2.75. The van der Waals surface area contributed by atoms with Crippen molar-refractivity contribution < 1.29 is 13.2 Å². The second-order valence-electron chi connectivity index (χ2n) is 5.91. The topological polar surface area (TPSA) is 88.5 Å². The minimum atomic E-state index is -3.68. The van der Waals surface area contributed by atoms with Crippen molar-refractivity contribution in [2.24, 2.45) is 0 Å². The molecule has 0 saturated heterocycles. The van der Waals surface area contributed by atoms with Crippen LogP contribution in [-0.4, -0.2) is 37.3 Å². The molecule has 0 aliphatic heterocycles. The van der Waals surface area contributed by atoms with Crippen molar-refractivity contribution in [2.75, 3.05) is 19.4 Å². The molecule has 0 spiro atoms. The molecule has 2 rings (SSSR count). The number of hydrogen-bond acceptors (Lipinski definition) is 4. The van der Waals surface area contributed by atoms with E-state index < -0.39 is 21.5 Å². The molecule has 1 N–H and O–H groups in total. The van der Waals surface area contributed by atoms with E-state index in [2.05, 4.69) is 5.32 Å². The fraction of sp³-hybridized carbons (Fsp3) is 0.294. The molecule has 8 heteroatoms. The Labute approximate surface area is 147 Å². The molecule has 1 amide bonds. The molecule has 0 aliphatic carbocycles. The molecule has 1 aromatic heterocycles. The lowest BCUT2D eigenvalue weighted by Crippen LogP contribution is -2.29. The minimum Gasteiger partial charge on any atom is -0.324 e. The highest BCUT2D eigenvalue weighted by atomic mass is 32.2. The zero-order valence-electron chi connectivity index (χ0n) is 14.6. The fourth-order valence-electron chi connectivity index (χ4n) is 2.23. The number of aromatic nitrogens is 1. The summed E-state index contributed by atoms with van der Waals surface area (Å²) in [6, 6.07) is 7.91. The standard InChI is InChI=1S/C17H21N3O4S/c1-12-6-5-7-15(13(12)2)18-16(21)11-20-10-14(8-9-17(20)22)25(23,24)19(3)4/h5-10H,11H2,1-4H3,(H,18,21). The van der Waals surface area contributed by atoms with E-state index in [4.69, 9.17) is 0 Å². The fourth-order valence-corrected chi connectivity index (χ4v) is 3.15. The van der Waals surface area contributed by atoms with Crippen molar-refractivity contribution in [2.45, 2.75) is 25.3 Å². The number of amides is 1. The van der Waals surface area contributed by atoms with Gasteiger partial charge in [-0.3, -0.25) is 9.59 Å². The molecule has 7 nitrogen and oxygen atoms in total. The van der Waals surface area contributed by atoms with Crippen LogP contribution in [0, 0.1) is 13.8 Å². The Morgan fingerprint density at radius 1 is 1.16 bits per heavy atom. The lowest BCUT2D eigenvalue weighted by Gasteiger charge is -2.14. The van der Waals surface area contributed by atoms with Gasteiger partial charge in [0.05, 0.1) is 4.90 Å². The van der Waals surface area contributed by atoms with Gasteiger partial charge in [0.15, 0.2) is 0 Å². The maximum absolute atomic E-state index is 12.3. The number of sulfonamides is 1. The number of benzene rings is 1. The predicted octanol–water partition coefficient (Wildman–Crippen LogP) is 1.35. The summed E-state index contributed by atoms with van der Waals surface area (Å²) in [4.78, 5) is 24.2. The number of hydrogen-bond donors (Lipinski definition) is 1. The molecule has 1 heterocycles. The van der Waals surface area contributed by atoms with E-state index in [1.165, 1.54) is 26.4 Å². The average Bonchev–Trinajstić information content (AvgIpc) is 2.53. The molecule has 0 fully saturated rings. The number of pyridine rings is 1. The van der Waals surface area contributed by atoms with E-state index in [9.17, 15) is 18.0 Å². The maximum Gasteiger partial charge on any atom is 0.251 e. The number of nitrogens with zero attached hydrogens (tertiary/aromatic N) is 2. The van der Waals surface area contributed by atoms with E-state index in [0.717, 1.165) is 26.1 Å². The summed E-state index contributed by atoms with van der Waals surface area (Å²) in [6.07, 6.45) is 1.18. The minimum absolute atomic E-state index is 0.0448. The van der Waals surface area contributed by atoms with Gasteiger partial charge in [-0.15, -0.1) is 0 Å². The average molecular weight is 363 g/mol. The molecule has 0 radical (unpaired) electrons. The van der Waals surface area contributed by atoms with Crippen LogP contribution in [0.1, 0.15) is 11.1 Å². The van der Waals surface area contributed by atoms with E-state index in [1.54, 1.807) is 6.07 Å². The maximum atomic E-state index is 12.3. The van der Waals surface area contributed by atoms with Crippen LogP contribution in [0.4, 0.5) is 5.69 Å². The van der Waals surface area contributed by atoms with Gasteiger partial charge in [0, 0.05) is 32.0 Å². The number of carbonyl (C=O) groups excluding carboxylic acids is 1. The Hall–Kier alpha value is -2.45. The first-order chi connectivity index (χ1) is 11.6. The van der Waals surface area contributed by atoms with Crippen LogP contribution < -0.4 is 10.9 Å². The van der Waals surface area contributed by atoms with Crippen LogP contribution in [0.5, 0.6) is 0 Å². The van der Waals surface area contributed by atoms with Crippen LogP contribution in [0.15, 0.2) is 46.2 Å². The largest absolute Gasteiger partial charge is 0.324 e. The first-order valence-electron chi connectivity index (χ1n) is 7.62. The smallest absolute Gasteiger partial charge is 0.251 e. The summed E-state index contributed by atoms with van der Waals surface area (Å²) in [7, 11) is -0.880. The molecule has 2 aromatic rings. The third kappa shape index (κ3) is 4.15. The van der Waals surface area contributed by atoms with Crippen LogP contribution >= 0.6 is 0 Å². The second kappa shape index (κ2) is 7.20. The highest BCUT2D eigenvalue weighted by Crippen LogP contribution is 2.18. The monoisotopic (exact) mass is 363 g/mol.